The number of hydrogen-bond acceptors (Lipinski definition) is 2. The lowest BCUT2D eigenvalue weighted by atomic mass is 10.1. The van der Waals surface area contributed by atoms with Gasteiger partial charge >= 0.3 is 0 Å². The van der Waals surface area contributed by atoms with E-state index in [2.05, 4.69) is 10.3 Å². The van der Waals surface area contributed by atoms with Gasteiger partial charge in [0.2, 0.25) is 0 Å². The van der Waals surface area contributed by atoms with Gasteiger partial charge < -0.3 is 5.32 Å². The highest BCUT2D eigenvalue weighted by Crippen LogP contribution is 2.17. The van der Waals surface area contributed by atoms with Crippen LogP contribution in [0.25, 0.3) is 0 Å². The first kappa shape index (κ1) is 14.4. The van der Waals surface area contributed by atoms with Crippen LogP contribution in [0.3, 0.4) is 0 Å². The molecule has 0 saturated carbocycles. The van der Waals surface area contributed by atoms with E-state index in [1.807, 2.05) is 0 Å². The zero-order valence-corrected chi connectivity index (χ0v) is 11.3. The second kappa shape index (κ2) is 5.96. The molecule has 1 unspecified atom stereocenters. The van der Waals surface area contributed by atoms with Gasteiger partial charge in [0.25, 0.3) is 5.91 Å². The maximum atomic E-state index is 13.1. The number of benzene rings is 1. The molecule has 1 atom stereocenters. The second-order valence-corrected chi connectivity index (χ2v) is 4.60. The van der Waals surface area contributed by atoms with Gasteiger partial charge in [0, 0.05) is 0 Å². The van der Waals surface area contributed by atoms with Crippen LogP contribution >= 0.6 is 11.6 Å². The number of hydrogen-bond donors (Lipinski definition) is 1. The van der Waals surface area contributed by atoms with Crippen LogP contribution in [0.2, 0.25) is 5.15 Å². The van der Waals surface area contributed by atoms with Gasteiger partial charge in [0.15, 0.2) is 0 Å². The summed E-state index contributed by atoms with van der Waals surface area (Å²) >= 11 is 5.75. The van der Waals surface area contributed by atoms with Crippen molar-refractivity contribution in [3.05, 3.63) is 64.4 Å². The summed E-state index contributed by atoms with van der Waals surface area (Å²) in [5.74, 6) is -1.54. The first-order chi connectivity index (χ1) is 9.47. The van der Waals surface area contributed by atoms with E-state index >= 15 is 0 Å². The van der Waals surface area contributed by atoms with E-state index in [9.17, 15) is 13.6 Å². The molecular formula is C14H11ClF2N2O. The zero-order valence-electron chi connectivity index (χ0n) is 10.5. The number of pyridine rings is 1. The molecule has 0 fully saturated rings. The summed E-state index contributed by atoms with van der Waals surface area (Å²) in [6, 6.07) is 6.37. The van der Waals surface area contributed by atoms with Crippen molar-refractivity contribution in [1.82, 2.24) is 10.3 Å². The molecule has 0 bridgehead atoms. The molecule has 6 heteroatoms. The van der Waals surface area contributed by atoms with Crippen LogP contribution < -0.4 is 5.32 Å². The summed E-state index contributed by atoms with van der Waals surface area (Å²) in [6.45, 7) is 1.73. The maximum Gasteiger partial charge on any atom is 0.254 e. The minimum absolute atomic E-state index is 0.0411. The number of nitrogens with zero attached hydrogens (tertiary/aromatic N) is 1. The van der Waals surface area contributed by atoms with Gasteiger partial charge in [-0.1, -0.05) is 23.7 Å². The van der Waals surface area contributed by atoms with Crippen LogP contribution in [0.15, 0.2) is 36.5 Å². The summed E-state index contributed by atoms with van der Waals surface area (Å²) in [4.78, 5) is 15.6. The van der Waals surface area contributed by atoms with Crippen molar-refractivity contribution in [3.63, 3.8) is 0 Å². The second-order valence-electron chi connectivity index (χ2n) is 4.24. The maximum absolute atomic E-state index is 13.1. The standard InChI is InChI=1S/C14H11ClF2N2O/c1-8(9-2-4-10(16)5-3-9)19-14(20)12-6-11(17)7-18-13(12)15/h2-8H,1H3,(H,19,20). The van der Waals surface area contributed by atoms with Crippen molar-refractivity contribution in [2.75, 3.05) is 0 Å². The quantitative estimate of drug-likeness (QED) is 0.881. The number of nitrogens with one attached hydrogen (secondary N) is 1. The lowest BCUT2D eigenvalue weighted by molar-refractivity contribution is 0.0939. The molecule has 3 nitrogen and oxygen atoms in total. The van der Waals surface area contributed by atoms with Crippen LogP contribution in [-0.2, 0) is 0 Å². The van der Waals surface area contributed by atoms with Crippen molar-refractivity contribution in [1.29, 1.82) is 0 Å². The lowest BCUT2D eigenvalue weighted by Gasteiger charge is -2.14. The highest BCUT2D eigenvalue weighted by atomic mass is 35.5. The molecule has 1 amide bonds. The lowest BCUT2D eigenvalue weighted by Crippen LogP contribution is -2.27. The Balaban J connectivity index is 2.15. The Kier molecular flexibility index (Phi) is 4.29. The third kappa shape index (κ3) is 3.30. The minimum atomic E-state index is -0.644. The number of aromatic nitrogens is 1. The fourth-order valence-corrected chi connectivity index (χ4v) is 1.88. The van der Waals surface area contributed by atoms with Gasteiger partial charge in [-0.2, -0.15) is 0 Å². The fraction of sp³-hybridized carbons (Fsp3) is 0.143. The van der Waals surface area contributed by atoms with Gasteiger partial charge in [0.1, 0.15) is 16.8 Å². The molecule has 0 radical (unpaired) electrons. The molecule has 1 N–H and O–H groups in total. The van der Waals surface area contributed by atoms with Crippen LogP contribution in [-0.4, -0.2) is 10.9 Å². The Morgan fingerprint density at radius 3 is 2.55 bits per heavy atom. The smallest absolute Gasteiger partial charge is 0.254 e. The van der Waals surface area contributed by atoms with Gasteiger partial charge in [-0.15, -0.1) is 0 Å². The average molecular weight is 297 g/mol. The third-order valence-electron chi connectivity index (χ3n) is 2.77. The Labute approximate surface area is 119 Å². The van der Waals surface area contributed by atoms with E-state index < -0.39 is 11.7 Å². The zero-order chi connectivity index (χ0) is 14.7. The average Bonchev–Trinajstić information content (AvgIpc) is 2.42. The molecule has 0 aliphatic carbocycles. The first-order valence-corrected chi connectivity index (χ1v) is 6.22. The molecule has 20 heavy (non-hydrogen) atoms. The van der Waals surface area contributed by atoms with E-state index in [-0.39, 0.29) is 22.6 Å². The fourth-order valence-electron chi connectivity index (χ4n) is 1.69. The Morgan fingerprint density at radius 1 is 1.25 bits per heavy atom. The molecule has 2 aromatic rings. The van der Waals surface area contributed by atoms with Gasteiger partial charge in [-0.3, -0.25) is 4.79 Å². The number of amides is 1. The third-order valence-corrected chi connectivity index (χ3v) is 3.07. The summed E-state index contributed by atoms with van der Waals surface area (Å²) in [5, 5.41) is 2.57. The van der Waals surface area contributed by atoms with Gasteiger partial charge in [-0.25, -0.2) is 13.8 Å². The van der Waals surface area contributed by atoms with Crippen molar-refractivity contribution in [2.45, 2.75) is 13.0 Å². The van der Waals surface area contributed by atoms with E-state index in [0.717, 1.165) is 17.8 Å². The van der Waals surface area contributed by atoms with Crippen LogP contribution in [0.1, 0.15) is 28.9 Å². The minimum Gasteiger partial charge on any atom is -0.345 e. The summed E-state index contributed by atoms with van der Waals surface area (Å²) in [5.41, 5.74) is 0.681. The molecule has 1 aromatic heterocycles. The van der Waals surface area contributed by atoms with Crippen LogP contribution in [0, 0.1) is 11.6 Å². The van der Waals surface area contributed by atoms with Gasteiger partial charge in [-0.05, 0) is 30.7 Å². The van der Waals surface area contributed by atoms with E-state index in [1.165, 1.54) is 12.1 Å². The predicted molar refractivity (Wildman–Crippen MR) is 71.5 cm³/mol. The molecule has 1 heterocycles. The van der Waals surface area contributed by atoms with Crippen molar-refractivity contribution < 1.29 is 13.6 Å². The molecule has 0 saturated heterocycles. The Bertz CT molecular complexity index is 632. The molecule has 2 rings (SSSR count). The van der Waals surface area contributed by atoms with Crippen molar-refractivity contribution in [3.8, 4) is 0 Å². The highest BCUT2D eigenvalue weighted by Gasteiger charge is 2.16. The summed E-state index contributed by atoms with van der Waals surface area (Å²) < 4.78 is 25.9. The van der Waals surface area contributed by atoms with E-state index in [0.29, 0.717) is 0 Å². The summed E-state index contributed by atoms with van der Waals surface area (Å²) in [7, 11) is 0. The van der Waals surface area contributed by atoms with E-state index in [1.54, 1.807) is 19.1 Å². The van der Waals surface area contributed by atoms with E-state index in [4.69, 9.17) is 11.6 Å². The first-order valence-electron chi connectivity index (χ1n) is 5.84. The molecule has 0 aliphatic heterocycles. The van der Waals surface area contributed by atoms with Crippen LogP contribution in [0.5, 0.6) is 0 Å². The SMILES string of the molecule is CC(NC(=O)c1cc(F)cnc1Cl)c1ccc(F)cc1. The van der Waals surface area contributed by atoms with Crippen molar-refractivity contribution in [2.24, 2.45) is 0 Å². The molecule has 0 spiro atoms. The van der Waals surface area contributed by atoms with Gasteiger partial charge in [0.05, 0.1) is 17.8 Å². The monoisotopic (exact) mass is 296 g/mol. The summed E-state index contributed by atoms with van der Waals surface area (Å²) in [6.07, 6.45) is 0.933. The molecule has 0 aliphatic rings. The number of carbonyl (C=O) groups excluding carboxylic acids is 1. The predicted octanol–water partition coefficient (Wildman–Crippen LogP) is 3.50. The number of rotatable bonds is 3. The number of carbonyl (C=O) groups is 1. The van der Waals surface area contributed by atoms with Crippen LogP contribution in [0.4, 0.5) is 8.78 Å². The normalized spacial score (nSPS) is 12.0. The Hall–Kier alpha value is -2.01. The molecule has 104 valence electrons. The molecule has 1 aromatic carbocycles. The van der Waals surface area contributed by atoms with Crippen molar-refractivity contribution >= 4 is 17.5 Å². The Morgan fingerprint density at radius 2 is 1.90 bits per heavy atom. The highest BCUT2D eigenvalue weighted by molar-refractivity contribution is 6.32. The largest absolute Gasteiger partial charge is 0.345 e. The molecular weight excluding hydrogens is 286 g/mol. The number of halogens is 3. The topological polar surface area (TPSA) is 42.0 Å².